The molecule has 10 heteroatoms. The first kappa shape index (κ1) is 14.4. The smallest absolute Gasteiger partial charge is 0.314 e. The largest absolute Gasteiger partial charge is 0.365 e. The number of nitrogens with zero attached hydrogens (tertiary/aromatic N) is 3. The van der Waals surface area contributed by atoms with Gasteiger partial charge in [-0.2, -0.15) is 0 Å². The molecule has 2 aromatic heterocycles. The van der Waals surface area contributed by atoms with Crippen molar-refractivity contribution in [1.29, 1.82) is 0 Å². The van der Waals surface area contributed by atoms with Crippen LogP contribution in [0.5, 0.6) is 0 Å². The van der Waals surface area contributed by atoms with Gasteiger partial charge in [0.25, 0.3) is 5.69 Å². The van der Waals surface area contributed by atoms with E-state index in [0.717, 1.165) is 0 Å². The van der Waals surface area contributed by atoms with Crippen LogP contribution in [0.1, 0.15) is 5.56 Å². The highest BCUT2D eigenvalue weighted by molar-refractivity contribution is 5.80. The molecule has 0 bridgehead atoms. The topological polar surface area (TPSA) is 147 Å². The molecule has 0 aliphatic carbocycles. The molecule has 0 unspecified atom stereocenters. The molecule has 3 aromatic rings. The Labute approximate surface area is 127 Å². The van der Waals surface area contributed by atoms with Crippen LogP contribution < -0.4 is 16.4 Å². The number of rotatable bonds is 4. The summed E-state index contributed by atoms with van der Waals surface area (Å²) in [5, 5.41) is 14.0. The minimum atomic E-state index is -0.870. The van der Waals surface area contributed by atoms with Gasteiger partial charge in [0.05, 0.1) is 22.2 Å². The quantitative estimate of drug-likeness (QED) is 0.361. The fourth-order valence-corrected chi connectivity index (χ4v) is 2.10. The zero-order valence-corrected chi connectivity index (χ0v) is 11.6. The molecular formula is C13H10N6O4. The predicted octanol–water partition coefficient (Wildman–Crippen LogP) is 0.527. The minimum absolute atomic E-state index is 0.152. The lowest BCUT2D eigenvalue weighted by Crippen LogP contribution is -2.29. The van der Waals surface area contributed by atoms with Crippen molar-refractivity contribution in [1.82, 2.24) is 19.9 Å². The number of non-ortho nitro benzene ring substituents is 1. The van der Waals surface area contributed by atoms with Gasteiger partial charge in [0.1, 0.15) is 5.82 Å². The lowest BCUT2D eigenvalue weighted by Gasteiger charge is -2.08. The van der Waals surface area contributed by atoms with Gasteiger partial charge in [0, 0.05) is 36.6 Å². The summed E-state index contributed by atoms with van der Waals surface area (Å²) in [4.78, 5) is 46.0. The number of benzene rings is 1. The molecule has 0 amide bonds. The molecule has 3 rings (SSSR count). The summed E-state index contributed by atoms with van der Waals surface area (Å²) in [7, 11) is 0. The number of aromatic nitrogens is 4. The summed E-state index contributed by atoms with van der Waals surface area (Å²) >= 11 is 0. The molecule has 1 aromatic carbocycles. The summed E-state index contributed by atoms with van der Waals surface area (Å²) in [6, 6.07) is 2.51. The molecule has 0 fully saturated rings. The van der Waals surface area contributed by atoms with Crippen molar-refractivity contribution in [2.24, 2.45) is 0 Å². The van der Waals surface area contributed by atoms with Gasteiger partial charge < -0.3 is 15.3 Å². The lowest BCUT2D eigenvalue weighted by molar-refractivity contribution is -0.384. The van der Waals surface area contributed by atoms with Crippen molar-refractivity contribution in [2.75, 3.05) is 5.32 Å². The van der Waals surface area contributed by atoms with Crippen molar-refractivity contribution in [3.8, 4) is 0 Å². The number of nitrogens with one attached hydrogen (secondary N) is 3. The lowest BCUT2D eigenvalue weighted by atomic mass is 10.1. The second kappa shape index (κ2) is 5.67. The number of hydrogen-bond donors (Lipinski definition) is 3. The number of fused-ring (bicyclic) bond motifs is 1. The van der Waals surface area contributed by atoms with E-state index in [9.17, 15) is 19.7 Å². The molecule has 10 nitrogen and oxygen atoms in total. The first-order chi connectivity index (χ1) is 11.0. The van der Waals surface area contributed by atoms with E-state index in [1.54, 1.807) is 0 Å². The van der Waals surface area contributed by atoms with Crippen LogP contribution in [0.15, 0.2) is 40.3 Å². The van der Waals surface area contributed by atoms with Crippen LogP contribution >= 0.6 is 0 Å². The first-order valence-electron chi connectivity index (χ1n) is 6.48. The van der Waals surface area contributed by atoms with Gasteiger partial charge in [-0.05, 0) is 0 Å². The average molecular weight is 314 g/mol. The molecule has 0 atom stereocenters. The Morgan fingerprint density at radius 3 is 2.65 bits per heavy atom. The highest BCUT2D eigenvalue weighted by atomic mass is 16.6. The minimum Gasteiger partial charge on any atom is -0.365 e. The van der Waals surface area contributed by atoms with Crippen LogP contribution in [0, 0.1) is 10.1 Å². The average Bonchev–Trinajstić information content (AvgIpc) is 2.54. The SMILES string of the molecule is O=c1[nH]c2cc([N+](=O)[O-])cc(CNc3cnccn3)c2[nH]c1=O. The maximum Gasteiger partial charge on any atom is 0.314 e. The van der Waals surface area contributed by atoms with Crippen LogP contribution in [0.25, 0.3) is 11.0 Å². The third kappa shape index (κ3) is 2.90. The van der Waals surface area contributed by atoms with Crippen LogP contribution in [-0.4, -0.2) is 24.9 Å². The molecule has 2 heterocycles. The molecule has 23 heavy (non-hydrogen) atoms. The molecule has 0 aliphatic rings. The van der Waals surface area contributed by atoms with Crippen LogP contribution in [0.3, 0.4) is 0 Å². The van der Waals surface area contributed by atoms with Gasteiger partial charge in [0.15, 0.2) is 0 Å². The number of hydrogen-bond acceptors (Lipinski definition) is 7. The fraction of sp³-hybridized carbons (Fsp3) is 0.0769. The van der Waals surface area contributed by atoms with Crippen molar-refractivity contribution in [2.45, 2.75) is 6.54 Å². The van der Waals surface area contributed by atoms with Crippen molar-refractivity contribution in [3.63, 3.8) is 0 Å². The first-order valence-corrected chi connectivity index (χ1v) is 6.48. The van der Waals surface area contributed by atoms with E-state index >= 15 is 0 Å². The Kier molecular flexibility index (Phi) is 3.55. The maximum atomic E-state index is 11.5. The summed E-state index contributed by atoms with van der Waals surface area (Å²) in [6.45, 7) is 0.152. The number of aromatic amines is 2. The van der Waals surface area contributed by atoms with Crippen molar-refractivity contribution < 1.29 is 4.92 Å². The van der Waals surface area contributed by atoms with Gasteiger partial charge in [-0.15, -0.1) is 0 Å². The molecule has 0 saturated heterocycles. The van der Waals surface area contributed by atoms with Crippen LogP contribution in [0.2, 0.25) is 0 Å². The van der Waals surface area contributed by atoms with E-state index in [1.807, 2.05) is 0 Å². The van der Waals surface area contributed by atoms with E-state index in [4.69, 9.17) is 0 Å². The summed E-state index contributed by atoms with van der Waals surface area (Å²) < 4.78 is 0. The van der Waals surface area contributed by atoms with E-state index in [0.29, 0.717) is 16.9 Å². The third-order valence-corrected chi connectivity index (χ3v) is 3.13. The highest BCUT2D eigenvalue weighted by Crippen LogP contribution is 2.22. The molecule has 0 radical (unpaired) electrons. The zero-order valence-electron chi connectivity index (χ0n) is 11.6. The number of H-pyrrole nitrogens is 2. The number of nitro benzene ring substituents is 1. The predicted molar refractivity (Wildman–Crippen MR) is 81.2 cm³/mol. The summed E-state index contributed by atoms with van der Waals surface area (Å²) in [5.41, 5.74) is -0.960. The Hall–Kier alpha value is -3.56. The normalized spacial score (nSPS) is 10.6. The van der Waals surface area contributed by atoms with Gasteiger partial charge >= 0.3 is 11.1 Å². The number of nitro groups is 1. The third-order valence-electron chi connectivity index (χ3n) is 3.13. The van der Waals surface area contributed by atoms with E-state index in [-0.39, 0.29) is 17.7 Å². The molecule has 0 spiro atoms. The number of anilines is 1. The molecular weight excluding hydrogens is 304 g/mol. The standard InChI is InChI=1S/C13H10N6O4/c20-12-13(21)18-11-7(5-16-10-6-14-1-2-15-10)3-8(19(22)23)4-9(11)17-12/h1-4,6H,5H2,(H,15,16)(H,17,20)(H,18,21). The second-order valence-electron chi connectivity index (χ2n) is 4.64. The Morgan fingerprint density at radius 2 is 1.96 bits per heavy atom. The van der Waals surface area contributed by atoms with Crippen molar-refractivity contribution >= 4 is 22.5 Å². The zero-order chi connectivity index (χ0) is 16.4. The van der Waals surface area contributed by atoms with E-state index in [1.165, 1.54) is 30.7 Å². The van der Waals surface area contributed by atoms with Crippen LogP contribution in [0.4, 0.5) is 11.5 Å². The summed E-state index contributed by atoms with van der Waals surface area (Å²) in [5.74, 6) is 0.471. The molecule has 116 valence electrons. The van der Waals surface area contributed by atoms with Gasteiger partial charge in [-0.3, -0.25) is 24.7 Å². The Balaban J connectivity index is 2.09. The molecule has 3 N–H and O–H groups in total. The van der Waals surface area contributed by atoms with E-state index in [2.05, 4.69) is 25.3 Å². The second-order valence-corrected chi connectivity index (χ2v) is 4.64. The monoisotopic (exact) mass is 314 g/mol. The molecule has 0 saturated carbocycles. The van der Waals surface area contributed by atoms with Gasteiger partial charge in [-0.1, -0.05) is 0 Å². The van der Waals surface area contributed by atoms with E-state index < -0.39 is 16.0 Å². The highest BCUT2D eigenvalue weighted by Gasteiger charge is 2.14. The molecule has 0 aliphatic heterocycles. The van der Waals surface area contributed by atoms with Gasteiger partial charge in [0.2, 0.25) is 0 Å². The maximum absolute atomic E-state index is 11.5. The summed E-state index contributed by atoms with van der Waals surface area (Å²) in [6.07, 6.45) is 4.49. The van der Waals surface area contributed by atoms with Gasteiger partial charge in [-0.25, -0.2) is 4.98 Å². The Morgan fingerprint density at radius 1 is 1.17 bits per heavy atom. The Bertz CT molecular complexity index is 995. The van der Waals surface area contributed by atoms with Crippen molar-refractivity contribution in [3.05, 3.63) is 67.1 Å². The fourth-order valence-electron chi connectivity index (χ4n) is 2.10. The van der Waals surface area contributed by atoms with Crippen LogP contribution in [-0.2, 0) is 6.54 Å².